The van der Waals surface area contributed by atoms with Gasteiger partial charge in [0.25, 0.3) is 0 Å². The van der Waals surface area contributed by atoms with E-state index in [1.54, 1.807) is 12.4 Å². The van der Waals surface area contributed by atoms with Gasteiger partial charge in [-0.05, 0) is 12.1 Å². The maximum Gasteiger partial charge on any atom is 0.187 e. The summed E-state index contributed by atoms with van der Waals surface area (Å²) in [6.45, 7) is 7.65. The molecular formula is C15H13N5. The van der Waals surface area contributed by atoms with Crippen LogP contribution in [0.4, 0.5) is 11.4 Å². The van der Waals surface area contributed by atoms with E-state index in [1.807, 2.05) is 48.1 Å². The number of benzene rings is 1. The van der Waals surface area contributed by atoms with Crippen molar-refractivity contribution in [3.05, 3.63) is 66.2 Å². The van der Waals surface area contributed by atoms with Gasteiger partial charge in [0, 0.05) is 31.3 Å². The zero-order chi connectivity index (χ0) is 13.9. The summed E-state index contributed by atoms with van der Waals surface area (Å²) in [5.74, 6) is 0. The van der Waals surface area contributed by atoms with Gasteiger partial charge in [-0.1, -0.05) is 12.1 Å². The molecule has 2 aromatic heterocycles. The van der Waals surface area contributed by atoms with Crippen molar-refractivity contribution in [1.29, 1.82) is 0 Å². The number of nitrogens with zero attached hydrogens (tertiary/aromatic N) is 5. The van der Waals surface area contributed by atoms with Crippen LogP contribution in [0.2, 0.25) is 0 Å². The Morgan fingerprint density at radius 1 is 1.25 bits per heavy atom. The van der Waals surface area contributed by atoms with Crippen LogP contribution in [0, 0.1) is 6.57 Å². The highest BCUT2D eigenvalue weighted by molar-refractivity contribution is 5.55. The number of imidazole rings is 1. The Balaban J connectivity index is 1.80. The molecule has 5 nitrogen and oxygen atoms in total. The van der Waals surface area contributed by atoms with Crippen LogP contribution in [-0.2, 0) is 6.54 Å². The SMILES string of the molecule is [C-]#[N+]c1ccc(N(C)Cc2cn3ccnc3cn2)cc1. The molecule has 0 aliphatic heterocycles. The third kappa shape index (κ3) is 2.31. The van der Waals surface area contributed by atoms with Gasteiger partial charge in [-0.15, -0.1) is 0 Å². The second kappa shape index (κ2) is 5.02. The van der Waals surface area contributed by atoms with Crippen LogP contribution in [0.3, 0.4) is 0 Å². The Hall–Kier alpha value is -2.87. The summed E-state index contributed by atoms with van der Waals surface area (Å²) in [4.78, 5) is 14.1. The number of rotatable bonds is 3. The van der Waals surface area contributed by atoms with Crippen LogP contribution < -0.4 is 4.90 Å². The topological polar surface area (TPSA) is 37.8 Å². The van der Waals surface area contributed by atoms with Crippen molar-refractivity contribution >= 4 is 17.0 Å². The van der Waals surface area contributed by atoms with Crippen molar-refractivity contribution in [2.24, 2.45) is 0 Å². The van der Waals surface area contributed by atoms with Crippen LogP contribution >= 0.6 is 0 Å². The first kappa shape index (κ1) is 12.2. The number of anilines is 1. The molecule has 0 aliphatic carbocycles. The minimum atomic E-state index is 0.653. The maximum atomic E-state index is 6.96. The molecule has 0 N–H and O–H groups in total. The molecule has 1 aromatic carbocycles. The standard InChI is InChI=1S/C15H13N5/c1-16-12-3-5-14(6-4-12)19(2)10-13-11-20-8-7-17-15(20)9-18-13/h3-9,11H,10H2,2H3. The van der Waals surface area contributed by atoms with Gasteiger partial charge in [0.15, 0.2) is 11.3 Å². The first-order valence-electron chi connectivity index (χ1n) is 6.22. The lowest BCUT2D eigenvalue weighted by atomic mass is 10.2. The quantitative estimate of drug-likeness (QED) is 0.682. The molecule has 0 atom stereocenters. The van der Waals surface area contributed by atoms with Crippen LogP contribution in [-0.4, -0.2) is 21.4 Å². The van der Waals surface area contributed by atoms with E-state index in [0.717, 1.165) is 17.0 Å². The van der Waals surface area contributed by atoms with Gasteiger partial charge in [-0.25, -0.2) is 9.83 Å². The van der Waals surface area contributed by atoms with Gasteiger partial charge < -0.3 is 9.30 Å². The summed E-state index contributed by atoms with van der Waals surface area (Å²) in [5.41, 5.74) is 3.52. The molecule has 5 heteroatoms. The summed E-state index contributed by atoms with van der Waals surface area (Å²) in [5, 5.41) is 0. The van der Waals surface area contributed by atoms with Crippen molar-refractivity contribution in [1.82, 2.24) is 14.4 Å². The molecule has 2 heterocycles. The molecule has 3 aromatic rings. The monoisotopic (exact) mass is 263 g/mol. The highest BCUT2D eigenvalue weighted by Gasteiger charge is 2.04. The van der Waals surface area contributed by atoms with E-state index in [4.69, 9.17) is 6.57 Å². The van der Waals surface area contributed by atoms with Crippen LogP contribution in [0.5, 0.6) is 0 Å². The third-order valence-electron chi connectivity index (χ3n) is 3.15. The van der Waals surface area contributed by atoms with E-state index in [2.05, 4.69) is 19.7 Å². The Morgan fingerprint density at radius 2 is 2.05 bits per heavy atom. The average Bonchev–Trinajstić information content (AvgIpc) is 2.95. The number of hydrogen-bond acceptors (Lipinski definition) is 3. The largest absolute Gasteiger partial charge is 0.369 e. The number of aromatic nitrogens is 3. The molecule has 0 radical (unpaired) electrons. The van der Waals surface area contributed by atoms with E-state index < -0.39 is 0 Å². The van der Waals surface area contributed by atoms with Crippen molar-refractivity contribution in [3.63, 3.8) is 0 Å². The maximum absolute atomic E-state index is 6.96. The Labute approximate surface area is 117 Å². The summed E-state index contributed by atoms with van der Waals surface area (Å²) in [7, 11) is 2.01. The van der Waals surface area contributed by atoms with Gasteiger partial charge >= 0.3 is 0 Å². The fourth-order valence-electron chi connectivity index (χ4n) is 2.07. The lowest BCUT2D eigenvalue weighted by Crippen LogP contribution is -2.17. The summed E-state index contributed by atoms with van der Waals surface area (Å²) >= 11 is 0. The molecule has 98 valence electrons. The molecule has 0 aliphatic rings. The molecule has 0 bridgehead atoms. The van der Waals surface area contributed by atoms with E-state index in [-0.39, 0.29) is 0 Å². The second-order valence-corrected chi connectivity index (χ2v) is 4.56. The Kier molecular flexibility index (Phi) is 3.05. The smallest absolute Gasteiger partial charge is 0.187 e. The molecule has 0 amide bonds. The predicted molar refractivity (Wildman–Crippen MR) is 77.8 cm³/mol. The lowest BCUT2D eigenvalue weighted by molar-refractivity contribution is 0.868. The van der Waals surface area contributed by atoms with E-state index in [0.29, 0.717) is 12.2 Å². The van der Waals surface area contributed by atoms with Gasteiger partial charge in [-0.3, -0.25) is 4.98 Å². The van der Waals surface area contributed by atoms with Crippen molar-refractivity contribution in [3.8, 4) is 0 Å². The molecule has 0 spiro atoms. The first-order valence-corrected chi connectivity index (χ1v) is 6.22. The predicted octanol–water partition coefficient (Wildman–Crippen LogP) is 2.92. The average molecular weight is 263 g/mol. The fraction of sp³-hybridized carbons (Fsp3) is 0.133. The number of hydrogen-bond donors (Lipinski definition) is 0. The van der Waals surface area contributed by atoms with Crippen molar-refractivity contribution in [2.75, 3.05) is 11.9 Å². The summed E-state index contributed by atoms with van der Waals surface area (Å²) in [6, 6.07) is 7.54. The van der Waals surface area contributed by atoms with E-state index in [9.17, 15) is 0 Å². The molecule has 0 saturated heterocycles. The zero-order valence-corrected chi connectivity index (χ0v) is 11.1. The number of fused-ring (bicyclic) bond motifs is 1. The van der Waals surface area contributed by atoms with E-state index in [1.165, 1.54) is 0 Å². The van der Waals surface area contributed by atoms with Gasteiger partial charge in [-0.2, -0.15) is 0 Å². The van der Waals surface area contributed by atoms with Crippen LogP contribution in [0.25, 0.3) is 10.5 Å². The summed E-state index contributed by atoms with van der Waals surface area (Å²) < 4.78 is 1.96. The molecule has 3 rings (SSSR count). The zero-order valence-electron chi connectivity index (χ0n) is 11.1. The minimum Gasteiger partial charge on any atom is -0.369 e. The minimum absolute atomic E-state index is 0.653. The van der Waals surface area contributed by atoms with Gasteiger partial charge in [0.05, 0.1) is 25.0 Å². The van der Waals surface area contributed by atoms with Crippen LogP contribution in [0.1, 0.15) is 5.69 Å². The van der Waals surface area contributed by atoms with Gasteiger partial charge in [0.1, 0.15) is 0 Å². The Morgan fingerprint density at radius 3 is 2.80 bits per heavy atom. The summed E-state index contributed by atoms with van der Waals surface area (Å²) in [6.07, 6.45) is 7.41. The lowest BCUT2D eigenvalue weighted by Gasteiger charge is -2.19. The molecule has 0 saturated carbocycles. The van der Waals surface area contributed by atoms with Crippen LogP contribution in [0.15, 0.2) is 49.1 Å². The van der Waals surface area contributed by atoms with E-state index >= 15 is 0 Å². The molecular weight excluding hydrogens is 250 g/mol. The molecule has 0 unspecified atom stereocenters. The Bertz CT molecular complexity index is 767. The molecule has 0 fully saturated rings. The molecule has 20 heavy (non-hydrogen) atoms. The normalized spacial score (nSPS) is 10.4. The van der Waals surface area contributed by atoms with Crippen molar-refractivity contribution < 1.29 is 0 Å². The first-order chi connectivity index (χ1) is 9.76. The van der Waals surface area contributed by atoms with Crippen molar-refractivity contribution in [2.45, 2.75) is 6.54 Å². The highest BCUT2D eigenvalue weighted by Crippen LogP contribution is 2.19. The van der Waals surface area contributed by atoms with Gasteiger partial charge in [0.2, 0.25) is 0 Å². The fourth-order valence-corrected chi connectivity index (χ4v) is 2.07. The highest BCUT2D eigenvalue weighted by atomic mass is 15.1. The second-order valence-electron chi connectivity index (χ2n) is 4.56. The third-order valence-corrected chi connectivity index (χ3v) is 3.15.